The molecule has 0 aliphatic heterocycles. The molecule has 1 aromatic rings. The smallest absolute Gasteiger partial charge is 0.341 e. The van der Waals surface area contributed by atoms with E-state index < -0.39 is 16.0 Å². The van der Waals surface area contributed by atoms with Gasteiger partial charge in [-0.2, -0.15) is 0 Å². The normalized spacial score (nSPS) is 10.8. The number of carbonyl (C=O) groups excluding carboxylic acids is 1. The maximum absolute atomic E-state index is 11.7. The minimum Gasteiger partial charge on any atom is -0.465 e. The van der Waals surface area contributed by atoms with Gasteiger partial charge in [-0.25, -0.2) is 17.9 Å². The van der Waals surface area contributed by atoms with E-state index in [4.69, 9.17) is 10.2 Å². The predicted octanol–water partition coefficient (Wildman–Crippen LogP) is 0.505. The highest BCUT2D eigenvalue weighted by Crippen LogP contribution is 2.14. The van der Waals surface area contributed by atoms with Crippen molar-refractivity contribution < 1.29 is 22.4 Å². The molecule has 0 fully saturated rings. The van der Waals surface area contributed by atoms with Crippen molar-refractivity contribution in [2.75, 3.05) is 20.2 Å². The molecule has 1 rings (SSSR count). The lowest BCUT2D eigenvalue weighted by Crippen LogP contribution is -2.24. The van der Waals surface area contributed by atoms with Crippen LogP contribution in [0.25, 0.3) is 0 Å². The molecular weight excluding hydrogens is 296 g/mol. The van der Waals surface area contributed by atoms with Crippen LogP contribution in [0.4, 0.5) is 0 Å². The van der Waals surface area contributed by atoms with Crippen LogP contribution in [0.1, 0.15) is 23.2 Å². The van der Waals surface area contributed by atoms with Gasteiger partial charge in [0.25, 0.3) is 10.0 Å². The minimum absolute atomic E-state index is 0. The Morgan fingerprint density at radius 2 is 2.16 bits per heavy atom. The summed E-state index contributed by atoms with van der Waals surface area (Å²) < 4.78 is 35.1. The maximum Gasteiger partial charge on any atom is 0.341 e. The second kappa shape index (κ2) is 8.16. The molecule has 0 bridgehead atoms. The van der Waals surface area contributed by atoms with E-state index in [1.165, 1.54) is 7.11 Å². The molecule has 0 spiro atoms. The Kier molecular flexibility index (Phi) is 7.69. The molecule has 0 saturated heterocycles. The van der Waals surface area contributed by atoms with E-state index in [9.17, 15) is 13.2 Å². The van der Waals surface area contributed by atoms with Gasteiger partial charge in [0, 0.05) is 12.6 Å². The maximum atomic E-state index is 11.7. The van der Waals surface area contributed by atoms with Crippen LogP contribution >= 0.6 is 12.4 Å². The molecule has 0 aliphatic carbocycles. The first-order valence-electron chi connectivity index (χ1n) is 5.38. The number of methoxy groups -OCH3 is 1. The topological polar surface area (TPSA) is 112 Å². The quantitative estimate of drug-likeness (QED) is 0.560. The Labute approximate surface area is 117 Å². The van der Waals surface area contributed by atoms with Crippen LogP contribution in [-0.4, -0.2) is 34.6 Å². The Bertz CT molecular complexity index is 500. The van der Waals surface area contributed by atoms with E-state index in [2.05, 4.69) is 9.46 Å². The highest BCUT2D eigenvalue weighted by molar-refractivity contribution is 7.89. The van der Waals surface area contributed by atoms with Crippen molar-refractivity contribution in [3.63, 3.8) is 0 Å². The van der Waals surface area contributed by atoms with E-state index in [1.807, 2.05) is 0 Å². The number of carbonyl (C=O) groups is 1. The van der Waals surface area contributed by atoms with Crippen LogP contribution in [0.5, 0.6) is 0 Å². The summed E-state index contributed by atoms with van der Waals surface area (Å²) in [6.45, 7) is 0.781. The minimum atomic E-state index is -3.73. The molecule has 19 heavy (non-hydrogen) atoms. The number of unbranched alkanes of at least 4 members (excludes halogenated alkanes) is 1. The number of esters is 1. The molecule has 0 radical (unpaired) electrons. The Hall–Kier alpha value is -1.09. The molecule has 0 saturated carbocycles. The first-order valence-corrected chi connectivity index (χ1v) is 6.86. The van der Waals surface area contributed by atoms with Crippen molar-refractivity contribution in [1.29, 1.82) is 0 Å². The molecule has 1 heterocycles. The molecule has 7 nitrogen and oxygen atoms in total. The summed E-state index contributed by atoms with van der Waals surface area (Å²) in [5.41, 5.74) is 5.35. The van der Waals surface area contributed by atoms with E-state index in [0.29, 0.717) is 13.0 Å². The monoisotopic (exact) mass is 312 g/mol. The van der Waals surface area contributed by atoms with Crippen molar-refractivity contribution in [1.82, 2.24) is 4.72 Å². The Morgan fingerprint density at radius 3 is 2.74 bits per heavy atom. The number of rotatable bonds is 7. The predicted molar refractivity (Wildman–Crippen MR) is 70.8 cm³/mol. The fraction of sp³-hybridized carbons (Fsp3) is 0.500. The summed E-state index contributed by atoms with van der Waals surface area (Å²) >= 11 is 0. The summed E-state index contributed by atoms with van der Waals surface area (Å²) in [5, 5.41) is -0.310. The number of hydrogen-bond donors (Lipinski definition) is 2. The zero-order valence-corrected chi connectivity index (χ0v) is 12.1. The van der Waals surface area contributed by atoms with Gasteiger partial charge in [-0.15, -0.1) is 12.4 Å². The van der Waals surface area contributed by atoms with Gasteiger partial charge >= 0.3 is 5.97 Å². The Morgan fingerprint density at radius 1 is 1.47 bits per heavy atom. The molecule has 0 aliphatic rings. The van der Waals surface area contributed by atoms with Crippen molar-refractivity contribution in [2.45, 2.75) is 17.9 Å². The molecule has 0 atom stereocenters. The summed E-state index contributed by atoms with van der Waals surface area (Å²) in [6.07, 6.45) is 2.41. The SMILES string of the molecule is COC(=O)c1coc(S(=O)(=O)NCCCCN)c1.Cl. The second-order valence-electron chi connectivity index (χ2n) is 3.54. The standard InChI is InChI=1S/C10H16N2O5S.ClH/c1-16-10(13)8-6-9(17-7-8)18(14,15)12-5-3-2-4-11;/h6-7,12H,2-5,11H2,1H3;1H. The number of hydrogen-bond acceptors (Lipinski definition) is 6. The summed E-state index contributed by atoms with van der Waals surface area (Å²) in [5.74, 6) is -0.650. The Balaban J connectivity index is 0.00000324. The van der Waals surface area contributed by atoms with Gasteiger partial charge in [0.2, 0.25) is 5.09 Å². The fourth-order valence-corrected chi connectivity index (χ4v) is 2.24. The largest absolute Gasteiger partial charge is 0.465 e. The molecule has 3 N–H and O–H groups in total. The van der Waals surface area contributed by atoms with Crippen molar-refractivity contribution in [3.8, 4) is 0 Å². The molecule has 0 amide bonds. The molecule has 9 heteroatoms. The van der Waals surface area contributed by atoms with Crippen LogP contribution in [0, 0.1) is 0 Å². The zero-order chi connectivity index (χ0) is 13.6. The van der Waals surface area contributed by atoms with E-state index in [1.54, 1.807) is 0 Å². The third kappa shape index (κ3) is 5.19. The van der Waals surface area contributed by atoms with Crippen molar-refractivity contribution in [3.05, 3.63) is 17.9 Å². The number of sulfonamides is 1. The van der Waals surface area contributed by atoms with Crippen LogP contribution < -0.4 is 10.5 Å². The second-order valence-corrected chi connectivity index (χ2v) is 5.24. The van der Waals surface area contributed by atoms with Crippen LogP contribution in [0.2, 0.25) is 0 Å². The van der Waals surface area contributed by atoms with Gasteiger partial charge in [-0.3, -0.25) is 0 Å². The summed E-state index contributed by atoms with van der Waals surface area (Å²) in [7, 11) is -2.52. The van der Waals surface area contributed by atoms with Crippen LogP contribution in [0.15, 0.2) is 21.8 Å². The first kappa shape index (κ1) is 17.9. The number of nitrogens with one attached hydrogen (secondary N) is 1. The number of halogens is 1. The molecule has 0 unspecified atom stereocenters. The van der Waals surface area contributed by atoms with Gasteiger partial charge in [0.15, 0.2) is 0 Å². The van der Waals surface area contributed by atoms with E-state index in [-0.39, 0.29) is 29.6 Å². The van der Waals surface area contributed by atoms with Crippen LogP contribution in [0.3, 0.4) is 0 Å². The lowest BCUT2D eigenvalue weighted by Gasteiger charge is -2.02. The molecule has 1 aromatic heterocycles. The first-order chi connectivity index (χ1) is 8.51. The highest BCUT2D eigenvalue weighted by Gasteiger charge is 2.20. The lowest BCUT2D eigenvalue weighted by atomic mass is 10.3. The molecule has 110 valence electrons. The number of furan rings is 1. The average Bonchev–Trinajstić information content (AvgIpc) is 2.84. The van der Waals surface area contributed by atoms with Gasteiger partial charge in [0.05, 0.1) is 12.7 Å². The number of ether oxygens (including phenoxy) is 1. The average molecular weight is 313 g/mol. The van der Waals surface area contributed by atoms with Gasteiger partial charge < -0.3 is 14.9 Å². The third-order valence-corrected chi connectivity index (χ3v) is 3.51. The number of nitrogens with two attached hydrogens (primary N) is 1. The fourth-order valence-electron chi connectivity index (χ4n) is 1.23. The van der Waals surface area contributed by atoms with Crippen molar-refractivity contribution >= 4 is 28.4 Å². The molecular formula is C10H17ClN2O5S. The van der Waals surface area contributed by atoms with Crippen LogP contribution in [-0.2, 0) is 14.8 Å². The van der Waals surface area contributed by atoms with E-state index >= 15 is 0 Å². The van der Waals surface area contributed by atoms with Crippen molar-refractivity contribution in [2.24, 2.45) is 5.73 Å². The highest BCUT2D eigenvalue weighted by atomic mass is 35.5. The zero-order valence-electron chi connectivity index (χ0n) is 10.4. The lowest BCUT2D eigenvalue weighted by molar-refractivity contribution is 0.0600. The molecule has 0 aromatic carbocycles. The summed E-state index contributed by atoms with van der Waals surface area (Å²) in [6, 6.07) is 1.12. The summed E-state index contributed by atoms with van der Waals surface area (Å²) in [4.78, 5) is 11.1. The third-order valence-electron chi connectivity index (χ3n) is 2.18. The van der Waals surface area contributed by atoms with Gasteiger partial charge in [0.1, 0.15) is 6.26 Å². The van der Waals surface area contributed by atoms with Gasteiger partial charge in [-0.05, 0) is 19.4 Å². The van der Waals surface area contributed by atoms with E-state index in [0.717, 1.165) is 18.8 Å². The van der Waals surface area contributed by atoms with Gasteiger partial charge in [-0.1, -0.05) is 0 Å².